The number of nitrogens with two attached hydrogens (primary N) is 1. The number of nitrogens with zero attached hydrogens (tertiary/aromatic N) is 1. The Morgan fingerprint density at radius 1 is 1.62 bits per heavy atom. The van der Waals surface area contributed by atoms with Crippen LogP contribution in [-0.4, -0.2) is 44.0 Å². The maximum absolute atomic E-state index is 11.6. The second kappa shape index (κ2) is 6.86. The lowest BCUT2D eigenvalue weighted by Crippen LogP contribution is -2.32. The topological polar surface area (TPSA) is 58.4 Å². The molecular formula is C12H25N3O. The van der Waals surface area contributed by atoms with Gasteiger partial charge in [0.25, 0.3) is 0 Å². The Kier molecular flexibility index (Phi) is 5.77. The van der Waals surface area contributed by atoms with Gasteiger partial charge in [0.05, 0.1) is 0 Å². The molecule has 0 aromatic rings. The van der Waals surface area contributed by atoms with E-state index in [0.29, 0.717) is 6.54 Å². The van der Waals surface area contributed by atoms with Gasteiger partial charge in [0.2, 0.25) is 5.91 Å². The van der Waals surface area contributed by atoms with E-state index in [1.807, 2.05) is 6.92 Å². The molecule has 4 heteroatoms. The van der Waals surface area contributed by atoms with Gasteiger partial charge in [-0.2, -0.15) is 0 Å². The summed E-state index contributed by atoms with van der Waals surface area (Å²) in [6.45, 7) is 5.70. The van der Waals surface area contributed by atoms with Gasteiger partial charge in [0, 0.05) is 19.0 Å². The number of carbonyl (C=O) groups excluding carboxylic acids is 1. The Balaban J connectivity index is 2.08. The zero-order chi connectivity index (χ0) is 12.0. The molecule has 0 bridgehead atoms. The average Bonchev–Trinajstić information content (AvgIpc) is 2.64. The van der Waals surface area contributed by atoms with Gasteiger partial charge >= 0.3 is 0 Å². The molecule has 3 N–H and O–H groups in total. The fraction of sp³-hybridized carbons (Fsp3) is 0.917. The molecule has 0 saturated carbocycles. The van der Waals surface area contributed by atoms with Crippen LogP contribution in [0, 0.1) is 11.8 Å². The Morgan fingerprint density at radius 2 is 2.38 bits per heavy atom. The minimum absolute atomic E-state index is 0.0521. The molecule has 0 radical (unpaired) electrons. The lowest BCUT2D eigenvalue weighted by Gasteiger charge is -2.13. The van der Waals surface area contributed by atoms with E-state index in [0.717, 1.165) is 25.3 Å². The molecule has 0 aromatic carbocycles. The minimum atomic E-state index is 0.0521. The molecule has 1 aliphatic heterocycles. The Morgan fingerprint density at radius 3 is 2.94 bits per heavy atom. The summed E-state index contributed by atoms with van der Waals surface area (Å²) >= 11 is 0. The van der Waals surface area contributed by atoms with Crippen LogP contribution in [0.25, 0.3) is 0 Å². The Labute approximate surface area is 98.6 Å². The molecule has 1 heterocycles. The zero-order valence-electron chi connectivity index (χ0n) is 10.5. The normalized spacial score (nSPS) is 23.3. The summed E-state index contributed by atoms with van der Waals surface area (Å²) in [6.07, 6.45) is 3.15. The van der Waals surface area contributed by atoms with Crippen LogP contribution in [0.1, 0.15) is 26.2 Å². The van der Waals surface area contributed by atoms with Gasteiger partial charge in [-0.25, -0.2) is 0 Å². The largest absolute Gasteiger partial charge is 0.356 e. The third kappa shape index (κ3) is 4.49. The number of hydrogen-bond donors (Lipinski definition) is 2. The number of likely N-dealkylation sites (tertiary alicyclic amines) is 1. The number of hydrogen-bond acceptors (Lipinski definition) is 3. The van der Waals surface area contributed by atoms with Crippen LogP contribution in [-0.2, 0) is 4.79 Å². The summed E-state index contributed by atoms with van der Waals surface area (Å²) < 4.78 is 0. The van der Waals surface area contributed by atoms with Gasteiger partial charge in [0.1, 0.15) is 0 Å². The fourth-order valence-electron chi connectivity index (χ4n) is 2.22. The predicted molar refractivity (Wildman–Crippen MR) is 66.1 cm³/mol. The van der Waals surface area contributed by atoms with Crippen molar-refractivity contribution in [1.29, 1.82) is 0 Å². The molecule has 16 heavy (non-hydrogen) atoms. The van der Waals surface area contributed by atoms with Crippen molar-refractivity contribution in [2.45, 2.75) is 26.2 Å². The van der Waals surface area contributed by atoms with Gasteiger partial charge in [-0.1, -0.05) is 6.92 Å². The SMILES string of the molecule is CC(CCN)C(=O)NCCC1CCN(C)C1. The van der Waals surface area contributed by atoms with E-state index in [1.54, 1.807) is 0 Å². The fourth-order valence-corrected chi connectivity index (χ4v) is 2.22. The summed E-state index contributed by atoms with van der Waals surface area (Å²) in [5.41, 5.74) is 5.43. The molecule has 0 aromatic heterocycles. The first-order valence-corrected chi connectivity index (χ1v) is 6.29. The molecule has 2 atom stereocenters. The molecule has 0 aliphatic carbocycles. The van der Waals surface area contributed by atoms with Crippen LogP contribution in [0.5, 0.6) is 0 Å². The first-order chi connectivity index (χ1) is 7.63. The van der Waals surface area contributed by atoms with Crippen LogP contribution in [0.4, 0.5) is 0 Å². The predicted octanol–water partition coefficient (Wildman–Crippen LogP) is 0.429. The van der Waals surface area contributed by atoms with Crippen molar-refractivity contribution >= 4 is 5.91 Å². The lowest BCUT2D eigenvalue weighted by molar-refractivity contribution is -0.124. The van der Waals surface area contributed by atoms with E-state index in [-0.39, 0.29) is 11.8 Å². The van der Waals surface area contributed by atoms with Crippen LogP contribution in [0.2, 0.25) is 0 Å². The standard InChI is InChI=1S/C12H25N3O/c1-10(3-6-13)12(16)14-7-4-11-5-8-15(2)9-11/h10-11H,3-9,13H2,1-2H3,(H,14,16). The Hall–Kier alpha value is -0.610. The first-order valence-electron chi connectivity index (χ1n) is 6.29. The van der Waals surface area contributed by atoms with Gasteiger partial charge in [-0.15, -0.1) is 0 Å². The van der Waals surface area contributed by atoms with E-state index >= 15 is 0 Å². The third-order valence-corrected chi connectivity index (χ3v) is 3.39. The van der Waals surface area contributed by atoms with E-state index in [4.69, 9.17) is 5.73 Å². The van der Waals surface area contributed by atoms with Crippen molar-refractivity contribution < 1.29 is 4.79 Å². The zero-order valence-corrected chi connectivity index (χ0v) is 10.5. The summed E-state index contributed by atoms with van der Waals surface area (Å²) in [7, 11) is 2.15. The molecule has 0 spiro atoms. The van der Waals surface area contributed by atoms with Crippen LogP contribution < -0.4 is 11.1 Å². The van der Waals surface area contributed by atoms with Crippen molar-refractivity contribution in [3.8, 4) is 0 Å². The molecule has 4 nitrogen and oxygen atoms in total. The minimum Gasteiger partial charge on any atom is -0.356 e. The molecule has 2 unspecified atom stereocenters. The number of rotatable bonds is 6. The molecule has 1 aliphatic rings. The second-order valence-electron chi connectivity index (χ2n) is 4.98. The van der Waals surface area contributed by atoms with Crippen molar-refractivity contribution in [2.75, 3.05) is 33.2 Å². The molecular weight excluding hydrogens is 202 g/mol. The van der Waals surface area contributed by atoms with Crippen molar-refractivity contribution in [3.05, 3.63) is 0 Å². The number of amides is 1. The molecule has 94 valence electrons. The molecule has 1 fully saturated rings. The highest BCUT2D eigenvalue weighted by Crippen LogP contribution is 2.17. The second-order valence-corrected chi connectivity index (χ2v) is 4.98. The van der Waals surface area contributed by atoms with E-state index in [1.165, 1.54) is 19.5 Å². The van der Waals surface area contributed by atoms with E-state index in [9.17, 15) is 4.79 Å². The number of carbonyl (C=O) groups is 1. The summed E-state index contributed by atoms with van der Waals surface area (Å²) in [6, 6.07) is 0. The first kappa shape index (κ1) is 13.5. The summed E-state index contributed by atoms with van der Waals surface area (Å²) in [4.78, 5) is 13.9. The molecule has 1 amide bonds. The van der Waals surface area contributed by atoms with Crippen molar-refractivity contribution in [2.24, 2.45) is 17.6 Å². The third-order valence-electron chi connectivity index (χ3n) is 3.39. The van der Waals surface area contributed by atoms with Crippen LogP contribution >= 0.6 is 0 Å². The van der Waals surface area contributed by atoms with Crippen LogP contribution in [0.3, 0.4) is 0 Å². The van der Waals surface area contributed by atoms with Gasteiger partial charge in [0.15, 0.2) is 0 Å². The number of nitrogens with one attached hydrogen (secondary N) is 1. The maximum Gasteiger partial charge on any atom is 0.222 e. The summed E-state index contributed by atoms with van der Waals surface area (Å²) in [5, 5.41) is 3.00. The van der Waals surface area contributed by atoms with Crippen LogP contribution in [0.15, 0.2) is 0 Å². The average molecular weight is 227 g/mol. The van der Waals surface area contributed by atoms with Crippen molar-refractivity contribution in [1.82, 2.24) is 10.2 Å². The highest BCUT2D eigenvalue weighted by molar-refractivity contribution is 5.78. The lowest BCUT2D eigenvalue weighted by atomic mass is 10.0. The van der Waals surface area contributed by atoms with Gasteiger partial charge < -0.3 is 16.0 Å². The van der Waals surface area contributed by atoms with E-state index in [2.05, 4.69) is 17.3 Å². The van der Waals surface area contributed by atoms with E-state index < -0.39 is 0 Å². The maximum atomic E-state index is 11.6. The highest BCUT2D eigenvalue weighted by atomic mass is 16.1. The monoisotopic (exact) mass is 227 g/mol. The molecule has 1 rings (SSSR count). The quantitative estimate of drug-likeness (QED) is 0.692. The highest BCUT2D eigenvalue weighted by Gasteiger charge is 2.19. The summed E-state index contributed by atoms with van der Waals surface area (Å²) in [5.74, 6) is 0.961. The molecule has 1 saturated heterocycles. The smallest absolute Gasteiger partial charge is 0.222 e. The van der Waals surface area contributed by atoms with Crippen molar-refractivity contribution in [3.63, 3.8) is 0 Å². The Bertz CT molecular complexity index is 220. The van der Waals surface area contributed by atoms with Gasteiger partial charge in [-0.3, -0.25) is 4.79 Å². The van der Waals surface area contributed by atoms with Gasteiger partial charge in [-0.05, 0) is 45.3 Å².